The zero-order valence-electron chi connectivity index (χ0n) is 11.6. The van der Waals surface area contributed by atoms with E-state index in [4.69, 9.17) is 9.47 Å². The van der Waals surface area contributed by atoms with Crippen molar-refractivity contribution >= 4 is 16.9 Å². The lowest BCUT2D eigenvalue weighted by atomic mass is 10.2. The molecule has 1 aromatic heterocycles. The van der Waals surface area contributed by atoms with Crippen LogP contribution in [-0.4, -0.2) is 18.1 Å². The van der Waals surface area contributed by atoms with Gasteiger partial charge in [-0.3, -0.25) is 0 Å². The average molecular weight is 281 g/mol. The summed E-state index contributed by atoms with van der Waals surface area (Å²) >= 11 is 0. The van der Waals surface area contributed by atoms with Gasteiger partial charge < -0.3 is 14.5 Å². The molecular formula is C17H15NO3. The number of benzene rings is 2. The number of methoxy groups -OCH3 is 1. The molecule has 0 amide bonds. The van der Waals surface area contributed by atoms with E-state index in [1.165, 1.54) is 0 Å². The average Bonchev–Trinajstić information content (AvgIpc) is 2.97. The van der Waals surface area contributed by atoms with Crippen LogP contribution < -0.4 is 4.74 Å². The van der Waals surface area contributed by atoms with Crippen molar-refractivity contribution in [2.75, 3.05) is 7.11 Å². The number of carbonyl (C=O) groups is 1. The summed E-state index contributed by atoms with van der Waals surface area (Å²) in [5.41, 5.74) is 2.36. The molecule has 0 aliphatic heterocycles. The van der Waals surface area contributed by atoms with Gasteiger partial charge in [0.1, 0.15) is 12.4 Å². The SMILES string of the molecule is COc1cccc(COC(=O)c2c[nH]c3ccccc23)c1. The molecule has 2 aromatic carbocycles. The fourth-order valence-electron chi connectivity index (χ4n) is 2.23. The number of aromatic amines is 1. The summed E-state index contributed by atoms with van der Waals surface area (Å²) in [6.07, 6.45) is 1.68. The first-order valence-corrected chi connectivity index (χ1v) is 6.64. The van der Waals surface area contributed by atoms with Gasteiger partial charge in [0.2, 0.25) is 0 Å². The van der Waals surface area contributed by atoms with Crippen LogP contribution in [0, 0.1) is 0 Å². The number of hydrogen-bond acceptors (Lipinski definition) is 3. The number of rotatable bonds is 4. The zero-order valence-corrected chi connectivity index (χ0v) is 11.6. The fraction of sp³-hybridized carbons (Fsp3) is 0.118. The molecule has 21 heavy (non-hydrogen) atoms. The quantitative estimate of drug-likeness (QED) is 0.744. The van der Waals surface area contributed by atoms with Crippen molar-refractivity contribution in [2.24, 2.45) is 0 Å². The molecule has 0 aliphatic rings. The highest BCUT2D eigenvalue weighted by molar-refractivity contribution is 6.03. The Labute approximate surface area is 122 Å². The van der Waals surface area contributed by atoms with Crippen molar-refractivity contribution in [3.05, 3.63) is 65.9 Å². The number of aromatic nitrogens is 1. The number of ether oxygens (including phenoxy) is 2. The zero-order chi connectivity index (χ0) is 14.7. The molecule has 0 atom stereocenters. The number of fused-ring (bicyclic) bond motifs is 1. The molecule has 0 fully saturated rings. The maximum atomic E-state index is 12.2. The van der Waals surface area contributed by atoms with E-state index in [9.17, 15) is 4.79 Å². The predicted octanol–water partition coefficient (Wildman–Crippen LogP) is 3.53. The molecule has 0 unspecified atom stereocenters. The van der Waals surface area contributed by atoms with E-state index in [2.05, 4.69) is 4.98 Å². The van der Waals surface area contributed by atoms with Crippen molar-refractivity contribution in [1.82, 2.24) is 4.98 Å². The molecule has 4 heteroatoms. The van der Waals surface area contributed by atoms with Crippen LogP contribution in [0.2, 0.25) is 0 Å². The minimum absolute atomic E-state index is 0.218. The lowest BCUT2D eigenvalue weighted by Crippen LogP contribution is -2.04. The van der Waals surface area contributed by atoms with E-state index in [0.717, 1.165) is 22.2 Å². The van der Waals surface area contributed by atoms with E-state index in [-0.39, 0.29) is 12.6 Å². The Morgan fingerprint density at radius 2 is 2.00 bits per heavy atom. The lowest BCUT2D eigenvalue weighted by molar-refractivity contribution is 0.0475. The van der Waals surface area contributed by atoms with Crippen LogP contribution in [0.4, 0.5) is 0 Å². The van der Waals surface area contributed by atoms with Crippen LogP contribution >= 0.6 is 0 Å². The first kappa shape index (κ1) is 13.2. The summed E-state index contributed by atoms with van der Waals surface area (Å²) in [7, 11) is 1.61. The molecule has 1 heterocycles. The van der Waals surface area contributed by atoms with E-state index < -0.39 is 0 Å². The first-order chi connectivity index (χ1) is 10.3. The highest BCUT2D eigenvalue weighted by Crippen LogP contribution is 2.19. The van der Waals surface area contributed by atoms with Crippen molar-refractivity contribution in [2.45, 2.75) is 6.61 Å². The van der Waals surface area contributed by atoms with Crippen LogP contribution in [0.5, 0.6) is 5.75 Å². The second kappa shape index (κ2) is 5.71. The van der Waals surface area contributed by atoms with Gasteiger partial charge in [0.25, 0.3) is 0 Å². The number of para-hydroxylation sites is 1. The van der Waals surface area contributed by atoms with Gasteiger partial charge in [0.05, 0.1) is 12.7 Å². The fourth-order valence-corrected chi connectivity index (χ4v) is 2.23. The third kappa shape index (κ3) is 2.74. The van der Waals surface area contributed by atoms with Crippen LogP contribution in [0.3, 0.4) is 0 Å². The van der Waals surface area contributed by atoms with Crippen LogP contribution in [0.15, 0.2) is 54.7 Å². The Morgan fingerprint density at radius 1 is 1.14 bits per heavy atom. The molecule has 0 saturated heterocycles. The second-order valence-electron chi connectivity index (χ2n) is 4.68. The third-order valence-corrected chi connectivity index (χ3v) is 3.31. The molecule has 0 saturated carbocycles. The molecular weight excluding hydrogens is 266 g/mol. The third-order valence-electron chi connectivity index (χ3n) is 3.31. The van der Waals surface area contributed by atoms with Crippen molar-refractivity contribution in [3.63, 3.8) is 0 Å². The van der Waals surface area contributed by atoms with Gasteiger partial charge in [0.15, 0.2) is 0 Å². The molecule has 4 nitrogen and oxygen atoms in total. The van der Waals surface area contributed by atoms with E-state index >= 15 is 0 Å². The monoisotopic (exact) mass is 281 g/mol. The smallest absolute Gasteiger partial charge is 0.340 e. The molecule has 3 rings (SSSR count). The van der Waals surface area contributed by atoms with Crippen LogP contribution in [0.25, 0.3) is 10.9 Å². The second-order valence-corrected chi connectivity index (χ2v) is 4.68. The highest BCUT2D eigenvalue weighted by Gasteiger charge is 2.13. The number of esters is 1. The van der Waals surface area contributed by atoms with Crippen LogP contribution in [-0.2, 0) is 11.3 Å². The maximum Gasteiger partial charge on any atom is 0.340 e. The van der Waals surface area contributed by atoms with Gasteiger partial charge in [-0.2, -0.15) is 0 Å². The topological polar surface area (TPSA) is 51.3 Å². The van der Waals surface area contributed by atoms with E-state index in [1.54, 1.807) is 13.3 Å². The normalized spacial score (nSPS) is 10.5. The number of H-pyrrole nitrogens is 1. The van der Waals surface area contributed by atoms with E-state index in [0.29, 0.717) is 5.56 Å². The number of carbonyl (C=O) groups excluding carboxylic acids is 1. The van der Waals surface area contributed by atoms with Gasteiger partial charge in [-0.25, -0.2) is 4.79 Å². The Bertz CT molecular complexity index is 776. The Hall–Kier alpha value is -2.75. The largest absolute Gasteiger partial charge is 0.497 e. The minimum atomic E-state index is -0.338. The molecule has 1 N–H and O–H groups in total. The van der Waals surface area contributed by atoms with Gasteiger partial charge in [-0.05, 0) is 23.8 Å². The Morgan fingerprint density at radius 3 is 2.86 bits per heavy atom. The van der Waals surface area contributed by atoms with E-state index in [1.807, 2.05) is 48.5 Å². The molecule has 0 radical (unpaired) electrons. The highest BCUT2D eigenvalue weighted by atomic mass is 16.5. The lowest BCUT2D eigenvalue weighted by Gasteiger charge is -2.06. The summed E-state index contributed by atoms with van der Waals surface area (Å²) in [4.78, 5) is 15.2. The number of nitrogens with one attached hydrogen (secondary N) is 1. The first-order valence-electron chi connectivity index (χ1n) is 6.64. The number of hydrogen-bond donors (Lipinski definition) is 1. The van der Waals surface area contributed by atoms with Crippen molar-refractivity contribution < 1.29 is 14.3 Å². The summed E-state index contributed by atoms with van der Waals surface area (Å²) in [5, 5.41) is 0.869. The Balaban J connectivity index is 1.74. The molecule has 0 spiro atoms. The summed E-state index contributed by atoms with van der Waals surface area (Å²) in [6.45, 7) is 0.218. The molecule has 0 bridgehead atoms. The van der Waals surface area contributed by atoms with Crippen molar-refractivity contribution in [1.29, 1.82) is 0 Å². The van der Waals surface area contributed by atoms with Gasteiger partial charge in [-0.15, -0.1) is 0 Å². The molecule has 0 aliphatic carbocycles. The summed E-state index contributed by atoms with van der Waals surface area (Å²) < 4.78 is 10.5. The summed E-state index contributed by atoms with van der Waals surface area (Å²) in [6, 6.07) is 15.1. The molecule has 3 aromatic rings. The Kier molecular flexibility index (Phi) is 3.60. The minimum Gasteiger partial charge on any atom is -0.497 e. The van der Waals surface area contributed by atoms with Gasteiger partial charge >= 0.3 is 5.97 Å². The van der Waals surface area contributed by atoms with Gasteiger partial charge in [0, 0.05) is 17.1 Å². The predicted molar refractivity (Wildman–Crippen MR) is 80.4 cm³/mol. The maximum absolute atomic E-state index is 12.2. The van der Waals surface area contributed by atoms with Gasteiger partial charge in [-0.1, -0.05) is 30.3 Å². The van der Waals surface area contributed by atoms with Crippen molar-refractivity contribution in [3.8, 4) is 5.75 Å². The van der Waals surface area contributed by atoms with Crippen LogP contribution in [0.1, 0.15) is 15.9 Å². The molecule has 106 valence electrons. The standard InChI is InChI=1S/C17H15NO3/c1-20-13-6-4-5-12(9-13)11-21-17(19)15-10-18-16-8-3-2-7-14(15)16/h2-10,18H,11H2,1H3. The summed E-state index contributed by atoms with van der Waals surface area (Å²) in [5.74, 6) is 0.408.